The summed E-state index contributed by atoms with van der Waals surface area (Å²) in [5.41, 5.74) is 6.80. The van der Waals surface area contributed by atoms with E-state index in [1.54, 1.807) is 17.3 Å². The summed E-state index contributed by atoms with van der Waals surface area (Å²) in [7, 11) is 1.26. The molecular formula is C38H46N8O4. The van der Waals surface area contributed by atoms with Gasteiger partial charge in [-0.1, -0.05) is 106 Å². The molecule has 0 atom stereocenters. The maximum atomic E-state index is 12.6. The Morgan fingerprint density at radius 3 is 1.94 bits per heavy atom. The molecule has 5 N–H and O–H groups in total. The van der Waals surface area contributed by atoms with Gasteiger partial charge in [0.2, 0.25) is 11.9 Å². The number of hydrogen-bond donors (Lipinski definition) is 5. The quantitative estimate of drug-likeness (QED) is 0.0902. The van der Waals surface area contributed by atoms with Crippen molar-refractivity contribution in [1.82, 2.24) is 35.5 Å². The van der Waals surface area contributed by atoms with E-state index in [0.29, 0.717) is 31.4 Å². The van der Waals surface area contributed by atoms with Crippen molar-refractivity contribution in [3.63, 3.8) is 0 Å². The van der Waals surface area contributed by atoms with E-state index in [4.69, 9.17) is 0 Å². The molecule has 5 aromatic rings. The van der Waals surface area contributed by atoms with Gasteiger partial charge in [0.15, 0.2) is 0 Å². The number of carbonyl (C=O) groups is 3. The standard InChI is InChI=1S/C35H38N8O4.C3H8/c1-3-19-43(32(44)22-39-35(46)47-2)23-31-37-20-29(40-31)27-13-9-25(10-14-27)26-11-15-28(16-12-26)30-21-38-33(41-30)42-34(45)36-18-17-24-7-5-4-6-8-24;1-3-2/h4-16,20-21H,3,17-19,22-23H2,1-2H3,(H,37,40)(H,39,46)(H3,36,38,41,42,45);3H2,1-2H3. The summed E-state index contributed by atoms with van der Waals surface area (Å²) in [6.45, 7) is 7.46. The number of aromatic nitrogens is 4. The van der Waals surface area contributed by atoms with Gasteiger partial charge >= 0.3 is 12.1 Å². The van der Waals surface area contributed by atoms with Crippen LogP contribution in [0.5, 0.6) is 0 Å². The lowest BCUT2D eigenvalue weighted by atomic mass is 10.0. The molecule has 0 unspecified atom stereocenters. The van der Waals surface area contributed by atoms with Gasteiger partial charge in [-0.05, 0) is 40.7 Å². The Morgan fingerprint density at radius 2 is 1.34 bits per heavy atom. The van der Waals surface area contributed by atoms with Gasteiger partial charge in [-0.15, -0.1) is 0 Å². The van der Waals surface area contributed by atoms with E-state index >= 15 is 0 Å². The Labute approximate surface area is 293 Å². The highest BCUT2D eigenvalue weighted by atomic mass is 16.5. The van der Waals surface area contributed by atoms with Crippen LogP contribution in [-0.4, -0.2) is 69.6 Å². The van der Waals surface area contributed by atoms with Crippen LogP contribution < -0.4 is 16.0 Å². The van der Waals surface area contributed by atoms with Crippen LogP contribution in [0.3, 0.4) is 0 Å². The van der Waals surface area contributed by atoms with Crippen molar-refractivity contribution < 1.29 is 19.1 Å². The lowest BCUT2D eigenvalue weighted by molar-refractivity contribution is -0.130. The number of benzene rings is 3. The van der Waals surface area contributed by atoms with Gasteiger partial charge in [0.1, 0.15) is 12.4 Å². The second-order valence-electron chi connectivity index (χ2n) is 11.5. The van der Waals surface area contributed by atoms with Crippen LogP contribution in [0.15, 0.2) is 91.3 Å². The fraction of sp³-hybridized carbons (Fsp3) is 0.289. The van der Waals surface area contributed by atoms with Gasteiger partial charge in [-0.3, -0.25) is 10.1 Å². The lowest BCUT2D eigenvalue weighted by Crippen LogP contribution is -2.40. The van der Waals surface area contributed by atoms with Crippen molar-refractivity contribution in [3.8, 4) is 33.6 Å². The number of anilines is 1. The molecule has 0 aliphatic carbocycles. The summed E-state index contributed by atoms with van der Waals surface area (Å²) in [5, 5.41) is 8.03. The van der Waals surface area contributed by atoms with Crippen LogP contribution in [0.2, 0.25) is 0 Å². The fourth-order valence-corrected chi connectivity index (χ4v) is 5.00. The SMILES string of the molecule is CCC.CCCN(Cc1ncc(-c2ccc(-c3ccc(-c4cnc(NC(=O)NCCc5ccccc5)[nH]4)cc3)cc2)[nH]1)C(=O)CNC(=O)OC. The Bertz CT molecular complexity index is 1780. The highest BCUT2D eigenvalue weighted by Gasteiger charge is 2.16. The van der Waals surface area contributed by atoms with Crippen LogP contribution >= 0.6 is 0 Å². The smallest absolute Gasteiger partial charge is 0.407 e. The molecule has 0 saturated carbocycles. The number of amides is 4. The molecule has 2 heterocycles. The second-order valence-corrected chi connectivity index (χ2v) is 11.5. The molecule has 0 spiro atoms. The monoisotopic (exact) mass is 678 g/mol. The Morgan fingerprint density at radius 1 is 0.760 bits per heavy atom. The van der Waals surface area contributed by atoms with E-state index in [1.165, 1.54) is 13.5 Å². The zero-order valence-electron chi connectivity index (χ0n) is 29.1. The maximum Gasteiger partial charge on any atom is 0.407 e. The number of methoxy groups -OCH3 is 1. The van der Waals surface area contributed by atoms with Crippen molar-refractivity contribution in [1.29, 1.82) is 0 Å². The number of alkyl carbamates (subject to hydrolysis) is 1. The normalized spacial score (nSPS) is 10.4. The molecule has 0 saturated heterocycles. The van der Waals surface area contributed by atoms with Gasteiger partial charge in [-0.25, -0.2) is 19.6 Å². The first-order valence-corrected chi connectivity index (χ1v) is 16.8. The molecule has 0 fully saturated rings. The van der Waals surface area contributed by atoms with E-state index in [2.05, 4.69) is 54.5 Å². The van der Waals surface area contributed by atoms with E-state index in [1.807, 2.05) is 85.8 Å². The summed E-state index contributed by atoms with van der Waals surface area (Å²) in [4.78, 5) is 53.1. The predicted molar refractivity (Wildman–Crippen MR) is 196 cm³/mol. The first-order chi connectivity index (χ1) is 24.3. The molecule has 12 nitrogen and oxygen atoms in total. The molecular weight excluding hydrogens is 632 g/mol. The number of carbonyl (C=O) groups excluding carboxylic acids is 3. The summed E-state index contributed by atoms with van der Waals surface area (Å²) in [6.07, 6.45) is 5.57. The van der Waals surface area contributed by atoms with Crippen LogP contribution in [-0.2, 0) is 22.5 Å². The van der Waals surface area contributed by atoms with E-state index < -0.39 is 6.09 Å². The number of nitrogens with one attached hydrogen (secondary N) is 5. The minimum absolute atomic E-state index is 0.141. The summed E-state index contributed by atoms with van der Waals surface area (Å²) in [5.74, 6) is 0.812. The van der Waals surface area contributed by atoms with Gasteiger partial charge in [0.25, 0.3) is 0 Å². The zero-order valence-corrected chi connectivity index (χ0v) is 29.1. The van der Waals surface area contributed by atoms with Crippen molar-refractivity contribution in [3.05, 3.63) is 103 Å². The minimum Gasteiger partial charge on any atom is -0.453 e. The maximum absolute atomic E-state index is 12.6. The number of ether oxygens (including phenoxy) is 1. The van der Waals surface area contributed by atoms with E-state index in [-0.39, 0.29) is 18.5 Å². The average Bonchev–Trinajstić information content (AvgIpc) is 3.81. The summed E-state index contributed by atoms with van der Waals surface area (Å²) in [6, 6.07) is 25.9. The van der Waals surface area contributed by atoms with Crippen LogP contribution in [0, 0.1) is 0 Å². The van der Waals surface area contributed by atoms with Crippen molar-refractivity contribution in [2.45, 2.75) is 46.6 Å². The molecule has 50 heavy (non-hydrogen) atoms. The third kappa shape index (κ3) is 11.1. The number of rotatable bonds is 13. The Hall–Kier alpha value is -5.91. The summed E-state index contributed by atoms with van der Waals surface area (Å²) >= 11 is 0. The van der Waals surface area contributed by atoms with E-state index in [9.17, 15) is 14.4 Å². The highest BCUT2D eigenvalue weighted by Crippen LogP contribution is 2.27. The zero-order chi connectivity index (χ0) is 35.7. The van der Waals surface area contributed by atoms with Crippen LogP contribution in [0.4, 0.5) is 15.5 Å². The lowest BCUT2D eigenvalue weighted by Gasteiger charge is -2.21. The van der Waals surface area contributed by atoms with Gasteiger partial charge in [0.05, 0.1) is 37.4 Å². The van der Waals surface area contributed by atoms with Crippen LogP contribution in [0.25, 0.3) is 33.6 Å². The fourth-order valence-electron chi connectivity index (χ4n) is 5.00. The molecule has 4 amide bonds. The third-order valence-electron chi connectivity index (χ3n) is 7.46. The highest BCUT2D eigenvalue weighted by molar-refractivity contribution is 5.87. The number of hydrogen-bond acceptors (Lipinski definition) is 6. The number of aromatic amines is 2. The number of urea groups is 1. The Kier molecular flexibility index (Phi) is 14.2. The molecule has 2 aromatic heterocycles. The van der Waals surface area contributed by atoms with Gasteiger partial charge in [-0.2, -0.15) is 0 Å². The molecule has 0 aliphatic heterocycles. The molecule has 0 radical (unpaired) electrons. The molecule has 0 bridgehead atoms. The minimum atomic E-state index is -0.646. The predicted octanol–water partition coefficient (Wildman–Crippen LogP) is 7.01. The number of nitrogens with zero attached hydrogens (tertiary/aromatic N) is 3. The van der Waals surface area contributed by atoms with Crippen LogP contribution in [0.1, 0.15) is 45.0 Å². The summed E-state index contributed by atoms with van der Waals surface area (Å²) < 4.78 is 4.54. The molecule has 262 valence electrons. The first kappa shape index (κ1) is 36.9. The second kappa shape index (κ2) is 19.2. The van der Waals surface area contributed by atoms with Gasteiger partial charge < -0.3 is 30.2 Å². The topological polar surface area (TPSA) is 157 Å². The molecule has 0 aliphatic rings. The van der Waals surface area contributed by atoms with Crippen molar-refractivity contribution >= 4 is 24.0 Å². The molecule has 12 heteroatoms. The number of imidazole rings is 2. The first-order valence-electron chi connectivity index (χ1n) is 16.8. The van der Waals surface area contributed by atoms with Crippen molar-refractivity contribution in [2.24, 2.45) is 0 Å². The van der Waals surface area contributed by atoms with Gasteiger partial charge in [0, 0.05) is 13.1 Å². The third-order valence-corrected chi connectivity index (χ3v) is 7.46. The largest absolute Gasteiger partial charge is 0.453 e. The van der Waals surface area contributed by atoms with Crippen molar-refractivity contribution in [2.75, 3.05) is 32.1 Å². The average molecular weight is 679 g/mol. The Balaban J connectivity index is 0.00000181. The van der Waals surface area contributed by atoms with E-state index in [0.717, 1.165) is 52.0 Å². The number of H-pyrrole nitrogens is 2. The molecule has 3 aromatic carbocycles. The molecule has 5 rings (SSSR count).